The molecule has 1 saturated heterocycles. The predicted octanol–water partition coefficient (Wildman–Crippen LogP) is 3.01. The lowest BCUT2D eigenvalue weighted by Gasteiger charge is -2.36. The van der Waals surface area contributed by atoms with Gasteiger partial charge in [0.1, 0.15) is 0 Å². The minimum absolute atomic E-state index is 0.115. The maximum absolute atomic E-state index is 12.6. The van der Waals surface area contributed by atoms with Crippen molar-refractivity contribution in [1.82, 2.24) is 10.6 Å². The Kier molecular flexibility index (Phi) is 4.63. The van der Waals surface area contributed by atoms with Crippen LogP contribution in [0.25, 0.3) is 0 Å². The number of thiophene rings is 1. The zero-order chi connectivity index (χ0) is 13.9. The van der Waals surface area contributed by atoms with Gasteiger partial charge < -0.3 is 10.6 Å². The van der Waals surface area contributed by atoms with Gasteiger partial charge in [0, 0.05) is 9.75 Å². The highest BCUT2D eigenvalue weighted by atomic mass is 32.1. The minimum Gasteiger partial charge on any atom is -0.348 e. The van der Waals surface area contributed by atoms with Gasteiger partial charge in [-0.1, -0.05) is 6.92 Å². The van der Waals surface area contributed by atoms with Crippen molar-refractivity contribution in [3.63, 3.8) is 0 Å². The third-order valence-corrected chi connectivity index (χ3v) is 5.44. The Morgan fingerprint density at radius 1 is 1.47 bits per heavy atom. The van der Waals surface area contributed by atoms with E-state index in [0.29, 0.717) is 0 Å². The van der Waals surface area contributed by atoms with Crippen molar-refractivity contribution in [3.8, 4) is 0 Å². The summed E-state index contributed by atoms with van der Waals surface area (Å²) >= 11 is 1.76. The van der Waals surface area contributed by atoms with Crippen molar-refractivity contribution in [2.45, 2.75) is 46.1 Å². The second kappa shape index (κ2) is 6.06. The lowest BCUT2D eigenvalue weighted by molar-refractivity contribution is -0.133. The van der Waals surface area contributed by atoms with Gasteiger partial charge in [0.25, 0.3) is 0 Å². The maximum atomic E-state index is 12.6. The van der Waals surface area contributed by atoms with Gasteiger partial charge >= 0.3 is 0 Å². The monoisotopic (exact) mass is 280 g/mol. The van der Waals surface area contributed by atoms with E-state index in [2.05, 4.69) is 43.5 Å². The maximum Gasteiger partial charge on any atom is 0.226 e. The van der Waals surface area contributed by atoms with Crippen LogP contribution in [0.1, 0.15) is 48.9 Å². The molecular weight excluding hydrogens is 256 g/mol. The van der Waals surface area contributed by atoms with Crippen LogP contribution in [0, 0.1) is 12.3 Å². The summed E-state index contributed by atoms with van der Waals surface area (Å²) in [5.41, 5.74) is -0.161. The number of nitrogens with one attached hydrogen (secondary N) is 2. The van der Waals surface area contributed by atoms with Crippen molar-refractivity contribution in [1.29, 1.82) is 0 Å². The summed E-state index contributed by atoms with van der Waals surface area (Å²) < 4.78 is 0. The van der Waals surface area contributed by atoms with E-state index in [1.807, 2.05) is 0 Å². The van der Waals surface area contributed by atoms with Crippen LogP contribution in [0.4, 0.5) is 0 Å². The molecule has 1 aliphatic rings. The number of hydrogen-bond donors (Lipinski definition) is 2. The number of hydrogen-bond acceptors (Lipinski definition) is 3. The molecule has 19 heavy (non-hydrogen) atoms. The fourth-order valence-corrected chi connectivity index (χ4v) is 3.63. The molecular formula is C15H24N2OS. The third kappa shape index (κ3) is 3.18. The topological polar surface area (TPSA) is 41.1 Å². The number of rotatable bonds is 4. The summed E-state index contributed by atoms with van der Waals surface area (Å²) in [4.78, 5) is 15.1. The van der Waals surface area contributed by atoms with Crippen LogP contribution in [0.5, 0.6) is 0 Å². The number of piperidine rings is 1. The first-order chi connectivity index (χ1) is 9.07. The second-order valence-electron chi connectivity index (χ2n) is 5.53. The molecule has 2 heterocycles. The molecule has 4 heteroatoms. The summed E-state index contributed by atoms with van der Waals surface area (Å²) in [6.07, 6.45) is 2.83. The van der Waals surface area contributed by atoms with Gasteiger partial charge in [0.15, 0.2) is 0 Å². The first-order valence-corrected chi connectivity index (χ1v) is 7.97. The fraction of sp³-hybridized carbons (Fsp3) is 0.667. The van der Waals surface area contributed by atoms with E-state index in [4.69, 9.17) is 0 Å². The molecule has 1 aliphatic heterocycles. The molecule has 0 radical (unpaired) electrons. The average Bonchev–Trinajstić information content (AvgIpc) is 2.86. The van der Waals surface area contributed by atoms with E-state index in [1.165, 1.54) is 9.75 Å². The molecule has 0 spiro atoms. The molecule has 106 valence electrons. The molecule has 3 nitrogen and oxygen atoms in total. The van der Waals surface area contributed by atoms with Crippen LogP contribution in [0.2, 0.25) is 0 Å². The molecule has 0 saturated carbocycles. The number of carbonyl (C=O) groups is 1. The fourth-order valence-electron chi connectivity index (χ4n) is 2.75. The van der Waals surface area contributed by atoms with Crippen molar-refractivity contribution in [2.75, 3.05) is 13.1 Å². The Morgan fingerprint density at radius 3 is 2.68 bits per heavy atom. The van der Waals surface area contributed by atoms with Crippen LogP contribution in [0.15, 0.2) is 12.1 Å². The van der Waals surface area contributed by atoms with Crippen LogP contribution in [-0.4, -0.2) is 19.0 Å². The molecule has 0 aliphatic carbocycles. The van der Waals surface area contributed by atoms with Crippen molar-refractivity contribution < 1.29 is 4.79 Å². The van der Waals surface area contributed by atoms with E-state index < -0.39 is 0 Å². The lowest BCUT2D eigenvalue weighted by Crippen LogP contribution is -2.47. The largest absolute Gasteiger partial charge is 0.348 e. The standard InChI is InChI=1S/C15H24N2OS/c1-4-15(7-9-16-10-8-15)14(18)17-12(3)13-6-5-11(2)19-13/h5-6,12,16H,4,7-10H2,1-3H3,(H,17,18). The van der Waals surface area contributed by atoms with E-state index in [9.17, 15) is 4.79 Å². The second-order valence-corrected chi connectivity index (χ2v) is 6.85. The van der Waals surface area contributed by atoms with E-state index >= 15 is 0 Å². The Bertz CT molecular complexity index is 435. The van der Waals surface area contributed by atoms with E-state index in [1.54, 1.807) is 11.3 Å². The highest BCUT2D eigenvalue weighted by molar-refractivity contribution is 7.12. The number of carbonyl (C=O) groups excluding carboxylic acids is 1. The molecule has 2 N–H and O–H groups in total. The summed E-state index contributed by atoms with van der Waals surface area (Å²) in [7, 11) is 0. The molecule has 1 fully saturated rings. The molecule has 0 bridgehead atoms. The van der Waals surface area contributed by atoms with Gasteiger partial charge in [0.05, 0.1) is 11.5 Å². The molecule has 0 aromatic carbocycles. The van der Waals surface area contributed by atoms with Gasteiger partial charge in [-0.25, -0.2) is 0 Å². The van der Waals surface area contributed by atoms with Gasteiger partial charge in [-0.05, 0) is 58.3 Å². The summed E-state index contributed by atoms with van der Waals surface area (Å²) in [5.74, 6) is 0.232. The molecule has 1 aromatic heterocycles. The van der Waals surface area contributed by atoms with Gasteiger partial charge in [0.2, 0.25) is 5.91 Å². The number of amides is 1. The molecule has 1 amide bonds. The van der Waals surface area contributed by atoms with Crippen LogP contribution in [0.3, 0.4) is 0 Å². The molecule has 2 rings (SSSR count). The first kappa shape index (κ1) is 14.5. The average molecular weight is 280 g/mol. The molecule has 1 aromatic rings. The highest BCUT2D eigenvalue weighted by Gasteiger charge is 2.38. The first-order valence-electron chi connectivity index (χ1n) is 7.15. The zero-order valence-corrected chi connectivity index (χ0v) is 12.9. The lowest BCUT2D eigenvalue weighted by atomic mass is 9.75. The molecule has 1 atom stereocenters. The van der Waals surface area contributed by atoms with Crippen LogP contribution >= 0.6 is 11.3 Å². The van der Waals surface area contributed by atoms with Gasteiger partial charge in [-0.15, -0.1) is 11.3 Å². The van der Waals surface area contributed by atoms with Crippen molar-refractivity contribution >= 4 is 17.2 Å². The zero-order valence-electron chi connectivity index (χ0n) is 12.1. The predicted molar refractivity (Wildman–Crippen MR) is 80.4 cm³/mol. The minimum atomic E-state index is -0.161. The van der Waals surface area contributed by atoms with Crippen LogP contribution < -0.4 is 10.6 Å². The summed E-state index contributed by atoms with van der Waals surface area (Å²) in [6, 6.07) is 4.35. The Hall–Kier alpha value is -0.870. The Labute approximate surface area is 119 Å². The summed E-state index contributed by atoms with van der Waals surface area (Å²) in [5, 5.41) is 6.55. The van der Waals surface area contributed by atoms with Crippen LogP contribution in [-0.2, 0) is 4.79 Å². The van der Waals surface area contributed by atoms with E-state index in [-0.39, 0.29) is 17.4 Å². The van der Waals surface area contributed by atoms with Gasteiger partial charge in [-0.3, -0.25) is 4.79 Å². The van der Waals surface area contributed by atoms with Crippen molar-refractivity contribution in [3.05, 3.63) is 21.9 Å². The SMILES string of the molecule is CCC1(C(=O)NC(C)c2ccc(C)s2)CCNCC1. The summed E-state index contributed by atoms with van der Waals surface area (Å²) in [6.45, 7) is 8.21. The highest BCUT2D eigenvalue weighted by Crippen LogP contribution is 2.34. The van der Waals surface area contributed by atoms with Crippen molar-refractivity contribution in [2.24, 2.45) is 5.41 Å². The molecule has 1 unspecified atom stereocenters. The Balaban J connectivity index is 2.03. The number of aryl methyl sites for hydroxylation is 1. The van der Waals surface area contributed by atoms with Gasteiger partial charge in [-0.2, -0.15) is 0 Å². The third-order valence-electron chi connectivity index (χ3n) is 4.25. The van der Waals surface area contributed by atoms with E-state index in [0.717, 1.165) is 32.4 Å². The quantitative estimate of drug-likeness (QED) is 0.890. The Morgan fingerprint density at radius 2 is 2.16 bits per heavy atom. The normalized spacial score (nSPS) is 19.9. The smallest absolute Gasteiger partial charge is 0.226 e.